The third-order valence-corrected chi connectivity index (χ3v) is 5.62. The smallest absolute Gasteiger partial charge is 0.309 e. The quantitative estimate of drug-likeness (QED) is 0.723. The summed E-state index contributed by atoms with van der Waals surface area (Å²) >= 11 is 0. The molecule has 1 aromatic rings. The van der Waals surface area contributed by atoms with E-state index in [0.717, 1.165) is 24.3 Å². The lowest BCUT2D eigenvalue weighted by Gasteiger charge is -2.33. The molecule has 28 heavy (non-hydrogen) atoms. The minimum Gasteiger partial charge on any atom is -0.490 e. The molecule has 0 spiro atoms. The molecule has 2 aliphatic rings. The Hall–Kier alpha value is -2.24. The van der Waals surface area contributed by atoms with Gasteiger partial charge in [0.15, 0.2) is 0 Å². The van der Waals surface area contributed by atoms with Crippen LogP contribution in [0.2, 0.25) is 0 Å². The second-order valence-electron chi connectivity index (χ2n) is 7.77. The standard InChI is InChI=1S/C22H32N2O4/c1-3-27-22(26)17-11-13-24(14-12-17)21(25)16(2)23-18-7-6-10-20(15-18)28-19-8-4-5-9-19/h6-7,10,15-17,19,23H,3-5,8-9,11-14H2,1-2H3. The van der Waals surface area contributed by atoms with E-state index >= 15 is 0 Å². The van der Waals surface area contributed by atoms with Crippen molar-refractivity contribution in [2.45, 2.75) is 64.5 Å². The zero-order chi connectivity index (χ0) is 19.9. The fourth-order valence-corrected chi connectivity index (χ4v) is 4.04. The normalized spacial score (nSPS) is 19.3. The number of nitrogens with zero attached hydrogens (tertiary/aromatic N) is 1. The SMILES string of the molecule is CCOC(=O)C1CCN(C(=O)C(C)Nc2cccc(OC3CCCC3)c2)CC1. The van der Waals surface area contributed by atoms with E-state index in [1.807, 2.05) is 43.0 Å². The number of esters is 1. The van der Waals surface area contributed by atoms with Crippen LogP contribution in [0.25, 0.3) is 0 Å². The maximum absolute atomic E-state index is 12.8. The number of nitrogens with one attached hydrogen (secondary N) is 1. The predicted octanol–water partition coefficient (Wildman–Crippen LogP) is 3.61. The lowest BCUT2D eigenvalue weighted by atomic mass is 9.96. The molecule has 1 atom stereocenters. The van der Waals surface area contributed by atoms with Gasteiger partial charge in [-0.2, -0.15) is 0 Å². The number of likely N-dealkylation sites (tertiary alicyclic amines) is 1. The molecule has 1 aliphatic heterocycles. The van der Waals surface area contributed by atoms with Crippen LogP contribution in [0.3, 0.4) is 0 Å². The topological polar surface area (TPSA) is 67.9 Å². The summed E-state index contributed by atoms with van der Waals surface area (Å²) < 4.78 is 11.1. The van der Waals surface area contributed by atoms with E-state index in [2.05, 4.69) is 5.32 Å². The summed E-state index contributed by atoms with van der Waals surface area (Å²) in [6.45, 7) is 5.29. The van der Waals surface area contributed by atoms with E-state index in [1.54, 1.807) is 0 Å². The Morgan fingerprint density at radius 2 is 1.89 bits per heavy atom. The molecule has 6 nitrogen and oxygen atoms in total. The molecule has 0 bridgehead atoms. The molecule has 1 saturated carbocycles. The number of hydrogen-bond donors (Lipinski definition) is 1. The van der Waals surface area contributed by atoms with Crippen molar-refractivity contribution in [1.82, 2.24) is 4.90 Å². The van der Waals surface area contributed by atoms with Gasteiger partial charge in [-0.15, -0.1) is 0 Å². The highest BCUT2D eigenvalue weighted by Gasteiger charge is 2.30. The van der Waals surface area contributed by atoms with Crippen molar-refractivity contribution in [2.75, 3.05) is 25.0 Å². The number of ether oxygens (including phenoxy) is 2. The molecule has 1 unspecified atom stereocenters. The minimum absolute atomic E-state index is 0.0597. The average Bonchev–Trinajstić information content (AvgIpc) is 3.21. The van der Waals surface area contributed by atoms with Gasteiger partial charge in [-0.3, -0.25) is 9.59 Å². The van der Waals surface area contributed by atoms with Crippen LogP contribution in [0.1, 0.15) is 52.4 Å². The number of anilines is 1. The lowest BCUT2D eigenvalue weighted by Crippen LogP contribution is -2.46. The zero-order valence-corrected chi connectivity index (χ0v) is 17.0. The zero-order valence-electron chi connectivity index (χ0n) is 17.0. The third kappa shape index (κ3) is 5.40. The molecular formula is C22H32N2O4. The first kappa shape index (κ1) is 20.5. The molecule has 1 saturated heterocycles. The maximum atomic E-state index is 12.8. The fourth-order valence-electron chi connectivity index (χ4n) is 4.04. The molecule has 1 aliphatic carbocycles. The number of amides is 1. The van der Waals surface area contributed by atoms with E-state index in [0.29, 0.717) is 38.6 Å². The summed E-state index contributed by atoms with van der Waals surface area (Å²) in [6.07, 6.45) is 6.37. The van der Waals surface area contributed by atoms with Gasteiger partial charge >= 0.3 is 5.97 Å². The summed E-state index contributed by atoms with van der Waals surface area (Å²) in [7, 11) is 0. The van der Waals surface area contributed by atoms with E-state index in [4.69, 9.17) is 9.47 Å². The van der Waals surface area contributed by atoms with Crippen LogP contribution in [0.15, 0.2) is 24.3 Å². The Balaban J connectivity index is 1.49. The molecule has 6 heteroatoms. The van der Waals surface area contributed by atoms with Crippen molar-refractivity contribution in [3.8, 4) is 5.75 Å². The largest absolute Gasteiger partial charge is 0.490 e. The summed E-state index contributed by atoms with van der Waals surface area (Å²) in [4.78, 5) is 26.5. The number of carbonyl (C=O) groups is 2. The number of benzene rings is 1. The van der Waals surface area contributed by atoms with Crippen LogP contribution in [-0.4, -0.2) is 48.6 Å². The highest BCUT2D eigenvalue weighted by Crippen LogP contribution is 2.26. The van der Waals surface area contributed by atoms with E-state index in [-0.39, 0.29) is 23.8 Å². The van der Waals surface area contributed by atoms with Crippen molar-refractivity contribution in [3.05, 3.63) is 24.3 Å². The van der Waals surface area contributed by atoms with Crippen LogP contribution >= 0.6 is 0 Å². The van der Waals surface area contributed by atoms with Crippen LogP contribution in [-0.2, 0) is 14.3 Å². The molecule has 1 N–H and O–H groups in total. The van der Waals surface area contributed by atoms with Gasteiger partial charge in [-0.05, 0) is 64.5 Å². The highest BCUT2D eigenvalue weighted by molar-refractivity contribution is 5.84. The van der Waals surface area contributed by atoms with Crippen molar-refractivity contribution < 1.29 is 19.1 Å². The monoisotopic (exact) mass is 388 g/mol. The van der Waals surface area contributed by atoms with Crippen molar-refractivity contribution in [2.24, 2.45) is 5.92 Å². The molecule has 1 heterocycles. The maximum Gasteiger partial charge on any atom is 0.309 e. The Labute approximate surface area is 167 Å². The van der Waals surface area contributed by atoms with Crippen LogP contribution in [0, 0.1) is 5.92 Å². The molecule has 0 aromatic heterocycles. The van der Waals surface area contributed by atoms with Gasteiger partial charge in [-0.1, -0.05) is 6.07 Å². The first-order chi connectivity index (χ1) is 13.6. The van der Waals surface area contributed by atoms with Gasteiger partial charge in [0.1, 0.15) is 11.8 Å². The van der Waals surface area contributed by atoms with Crippen LogP contribution in [0.5, 0.6) is 5.75 Å². The van der Waals surface area contributed by atoms with Gasteiger partial charge < -0.3 is 19.7 Å². The molecule has 1 amide bonds. The Morgan fingerprint density at radius 1 is 1.18 bits per heavy atom. The Bertz CT molecular complexity index is 664. The molecule has 1 aromatic carbocycles. The predicted molar refractivity (Wildman–Crippen MR) is 108 cm³/mol. The fraction of sp³-hybridized carbons (Fsp3) is 0.636. The van der Waals surface area contributed by atoms with Crippen molar-refractivity contribution >= 4 is 17.6 Å². The molecule has 154 valence electrons. The third-order valence-electron chi connectivity index (χ3n) is 5.62. The van der Waals surface area contributed by atoms with Crippen molar-refractivity contribution in [3.63, 3.8) is 0 Å². The van der Waals surface area contributed by atoms with Crippen LogP contribution in [0.4, 0.5) is 5.69 Å². The van der Waals surface area contributed by atoms with Gasteiger partial charge in [0.05, 0.1) is 18.6 Å². The summed E-state index contributed by atoms with van der Waals surface area (Å²) in [6, 6.07) is 7.51. The molecule has 0 radical (unpaired) electrons. The molecule has 2 fully saturated rings. The van der Waals surface area contributed by atoms with E-state index in [1.165, 1.54) is 12.8 Å². The lowest BCUT2D eigenvalue weighted by molar-refractivity contribution is -0.151. The summed E-state index contributed by atoms with van der Waals surface area (Å²) in [5, 5.41) is 3.30. The highest BCUT2D eigenvalue weighted by atomic mass is 16.5. The second kappa shape index (κ2) is 9.80. The number of piperidine rings is 1. The van der Waals surface area contributed by atoms with Gasteiger partial charge in [0.2, 0.25) is 5.91 Å². The second-order valence-corrected chi connectivity index (χ2v) is 7.77. The average molecular weight is 389 g/mol. The summed E-state index contributed by atoms with van der Waals surface area (Å²) in [5.74, 6) is 0.688. The van der Waals surface area contributed by atoms with Crippen LogP contribution < -0.4 is 10.1 Å². The molecule has 3 rings (SSSR count). The first-order valence-corrected chi connectivity index (χ1v) is 10.6. The molecular weight excluding hydrogens is 356 g/mol. The number of hydrogen-bond acceptors (Lipinski definition) is 5. The Morgan fingerprint density at radius 3 is 2.57 bits per heavy atom. The number of rotatable bonds is 7. The minimum atomic E-state index is -0.333. The van der Waals surface area contributed by atoms with Gasteiger partial charge in [0.25, 0.3) is 0 Å². The van der Waals surface area contributed by atoms with E-state index in [9.17, 15) is 9.59 Å². The van der Waals surface area contributed by atoms with Gasteiger partial charge in [0, 0.05) is 24.8 Å². The van der Waals surface area contributed by atoms with E-state index < -0.39 is 0 Å². The van der Waals surface area contributed by atoms with Crippen molar-refractivity contribution in [1.29, 1.82) is 0 Å². The summed E-state index contributed by atoms with van der Waals surface area (Å²) in [5.41, 5.74) is 0.887. The Kier molecular flexibility index (Phi) is 7.18. The first-order valence-electron chi connectivity index (χ1n) is 10.6. The van der Waals surface area contributed by atoms with Gasteiger partial charge in [-0.25, -0.2) is 0 Å². The number of carbonyl (C=O) groups excluding carboxylic acids is 2.